The van der Waals surface area contributed by atoms with Crippen LogP contribution in [0, 0.1) is 5.92 Å². The van der Waals surface area contributed by atoms with Crippen LogP contribution in [0.2, 0.25) is 0 Å². The first kappa shape index (κ1) is 18.5. The van der Waals surface area contributed by atoms with Crippen LogP contribution in [0.15, 0.2) is 40.3 Å². The molecule has 0 bridgehead atoms. The predicted octanol–water partition coefficient (Wildman–Crippen LogP) is 3.48. The topological polar surface area (TPSA) is 52.4 Å². The van der Waals surface area contributed by atoms with Gasteiger partial charge >= 0.3 is 0 Å². The number of hydrogen-bond donors (Lipinski definition) is 0. The molecule has 0 N–H and O–H groups in total. The number of aliphatic imine (C=N–C) groups is 2. The molecule has 5 nitrogen and oxygen atoms in total. The van der Waals surface area contributed by atoms with Crippen molar-refractivity contribution < 1.29 is 14.2 Å². The van der Waals surface area contributed by atoms with Gasteiger partial charge in [-0.15, -0.1) is 0 Å². The Balaban J connectivity index is 2.16. The molecule has 0 unspecified atom stereocenters. The van der Waals surface area contributed by atoms with Crippen molar-refractivity contribution in [3.63, 3.8) is 0 Å². The van der Waals surface area contributed by atoms with Gasteiger partial charge in [-0.1, -0.05) is 51.1 Å². The minimum absolute atomic E-state index is 0.104. The standard InChI is InChI=1S/C19H28N2O3/c1-6-15(24-12-14-10-8-7-9-11-14)17-19(23-5)20-16(13(2)3)18(21-17)22-4/h7-11,13,15-17H,6,12H2,1-5H3/t15-,16-,17+/m1/s1. The molecule has 0 saturated carbocycles. The first-order chi connectivity index (χ1) is 11.6. The monoisotopic (exact) mass is 332 g/mol. The molecular formula is C19H28N2O3. The van der Waals surface area contributed by atoms with E-state index in [0.29, 0.717) is 24.3 Å². The number of rotatable bonds is 6. The summed E-state index contributed by atoms with van der Waals surface area (Å²) in [6.07, 6.45) is 0.703. The molecule has 0 amide bonds. The van der Waals surface area contributed by atoms with Crippen molar-refractivity contribution in [1.82, 2.24) is 0 Å². The van der Waals surface area contributed by atoms with Crippen LogP contribution in [0.4, 0.5) is 0 Å². The van der Waals surface area contributed by atoms with Crippen LogP contribution in [0.25, 0.3) is 0 Å². The zero-order chi connectivity index (χ0) is 17.5. The molecule has 0 spiro atoms. The molecule has 1 aliphatic heterocycles. The highest BCUT2D eigenvalue weighted by Crippen LogP contribution is 2.22. The molecule has 0 fully saturated rings. The molecule has 24 heavy (non-hydrogen) atoms. The third kappa shape index (κ3) is 4.35. The third-order valence-electron chi connectivity index (χ3n) is 4.15. The van der Waals surface area contributed by atoms with Crippen LogP contribution in [0.5, 0.6) is 0 Å². The summed E-state index contributed by atoms with van der Waals surface area (Å²) in [4.78, 5) is 9.47. The van der Waals surface area contributed by atoms with Crippen molar-refractivity contribution in [3.8, 4) is 0 Å². The molecule has 0 saturated heterocycles. The minimum atomic E-state index is -0.270. The van der Waals surface area contributed by atoms with Gasteiger partial charge in [0.15, 0.2) is 6.04 Å². The molecule has 1 aromatic rings. The predicted molar refractivity (Wildman–Crippen MR) is 96.6 cm³/mol. The van der Waals surface area contributed by atoms with Crippen molar-refractivity contribution in [2.45, 2.75) is 52.0 Å². The summed E-state index contributed by atoms with van der Waals surface area (Å²) in [5.74, 6) is 1.56. The summed E-state index contributed by atoms with van der Waals surface area (Å²) < 4.78 is 17.1. The Morgan fingerprint density at radius 2 is 1.54 bits per heavy atom. The van der Waals surface area contributed by atoms with E-state index < -0.39 is 0 Å². The van der Waals surface area contributed by atoms with Crippen LogP contribution in [0.1, 0.15) is 32.8 Å². The molecule has 0 aliphatic carbocycles. The lowest BCUT2D eigenvalue weighted by molar-refractivity contribution is 0.0294. The summed E-state index contributed by atoms with van der Waals surface area (Å²) in [6, 6.07) is 9.75. The van der Waals surface area contributed by atoms with Crippen LogP contribution < -0.4 is 0 Å². The van der Waals surface area contributed by atoms with Crippen LogP contribution in [0.3, 0.4) is 0 Å². The Morgan fingerprint density at radius 3 is 2.08 bits per heavy atom. The third-order valence-corrected chi connectivity index (χ3v) is 4.15. The van der Waals surface area contributed by atoms with Gasteiger partial charge in [0.2, 0.25) is 11.8 Å². The van der Waals surface area contributed by atoms with E-state index >= 15 is 0 Å². The van der Waals surface area contributed by atoms with Gasteiger partial charge in [0.1, 0.15) is 6.04 Å². The van der Waals surface area contributed by atoms with Crippen molar-refractivity contribution in [3.05, 3.63) is 35.9 Å². The second-order valence-electron chi connectivity index (χ2n) is 6.22. The van der Waals surface area contributed by atoms with E-state index in [1.54, 1.807) is 14.2 Å². The zero-order valence-electron chi connectivity index (χ0n) is 15.2. The van der Waals surface area contributed by atoms with E-state index in [1.165, 1.54) is 0 Å². The number of nitrogens with zero attached hydrogens (tertiary/aromatic N) is 2. The zero-order valence-corrected chi connectivity index (χ0v) is 15.2. The normalized spacial score (nSPS) is 21.9. The molecule has 1 heterocycles. The first-order valence-electron chi connectivity index (χ1n) is 8.49. The maximum absolute atomic E-state index is 6.11. The van der Waals surface area contributed by atoms with Crippen LogP contribution >= 0.6 is 0 Å². The van der Waals surface area contributed by atoms with E-state index in [2.05, 4.69) is 32.9 Å². The van der Waals surface area contributed by atoms with Gasteiger partial charge in [-0.3, -0.25) is 0 Å². The number of benzene rings is 1. The molecule has 1 aromatic carbocycles. The average molecular weight is 332 g/mol. The first-order valence-corrected chi connectivity index (χ1v) is 8.49. The fourth-order valence-electron chi connectivity index (χ4n) is 2.77. The molecule has 1 aliphatic rings. The number of methoxy groups -OCH3 is 2. The second-order valence-corrected chi connectivity index (χ2v) is 6.22. The van der Waals surface area contributed by atoms with E-state index in [-0.39, 0.29) is 18.2 Å². The van der Waals surface area contributed by atoms with E-state index in [4.69, 9.17) is 24.2 Å². The number of hydrogen-bond acceptors (Lipinski definition) is 5. The lowest BCUT2D eigenvalue weighted by atomic mass is 10.0. The number of ether oxygens (including phenoxy) is 3. The highest BCUT2D eigenvalue weighted by atomic mass is 16.5. The van der Waals surface area contributed by atoms with Crippen LogP contribution in [-0.4, -0.2) is 44.2 Å². The van der Waals surface area contributed by atoms with Gasteiger partial charge in [0.05, 0.1) is 26.9 Å². The minimum Gasteiger partial charge on any atom is -0.483 e. The summed E-state index contributed by atoms with van der Waals surface area (Å²) in [6.45, 7) is 6.82. The fourth-order valence-corrected chi connectivity index (χ4v) is 2.77. The van der Waals surface area contributed by atoms with Gasteiger partial charge in [0, 0.05) is 0 Å². The van der Waals surface area contributed by atoms with E-state index in [9.17, 15) is 0 Å². The second kappa shape index (κ2) is 8.83. The van der Waals surface area contributed by atoms with Crippen molar-refractivity contribution in [1.29, 1.82) is 0 Å². The quantitative estimate of drug-likeness (QED) is 0.801. The van der Waals surface area contributed by atoms with Gasteiger partial charge in [-0.25, -0.2) is 9.98 Å². The molecule has 2 rings (SSSR count). The maximum atomic E-state index is 6.11. The van der Waals surface area contributed by atoms with E-state index in [0.717, 1.165) is 12.0 Å². The average Bonchev–Trinajstić information content (AvgIpc) is 2.62. The molecule has 0 aromatic heterocycles. The van der Waals surface area contributed by atoms with Gasteiger partial charge < -0.3 is 14.2 Å². The fraction of sp³-hybridized carbons (Fsp3) is 0.579. The molecular weight excluding hydrogens is 304 g/mol. The summed E-state index contributed by atoms with van der Waals surface area (Å²) in [7, 11) is 3.28. The van der Waals surface area contributed by atoms with Crippen molar-refractivity contribution in [2.75, 3.05) is 14.2 Å². The Morgan fingerprint density at radius 1 is 0.958 bits per heavy atom. The SMILES string of the molecule is CC[C@@H](OCc1ccccc1)[C@@H]1N=C(OC)[C@@H](C(C)C)N=C1OC. The maximum Gasteiger partial charge on any atom is 0.212 e. The molecule has 0 radical (unpaired) electrons. The van der Waals surface area contributed by atoms with Crippen molar-refractivity contribution in [2.24, 2.45) is 15.9 Å². The highest BCUT2D eigenvalue weighted by Gasteiger charge is 2.35. The Labute approximate surface area is 144 Å². The summed E-state index contributed by atoms with van der Waals surface area (Å²) in [5, 5.41) is 0. The van der Waals surface area contributed by atoms with Gasteiger partial charge in [-0.2, -0.15) is 0 Å². The van der Waals surface area contributed by atoms with Crippen LogP contribution in [-0.2, 0) is 20.8 Å². The molecule has 5 heteroatoms. The molecule has 132 valence electrons. The van der Waals surface area contributed by atoms with Gasteiger partial charge in [0.25, 0.3) is 0 Å². The lowest BCUT2D eigenvalue weighted by Gasteiger charge is -2.30. The Hall–Kier alpha value is -1.88. The highest BCUT2D eigenvalue weighted by molar-refractivity contribution is 5.94. The van der Waals surface area contributed by atoms with Crippen molar-refractivity contribution >= 4 is 11.8 Å². The van der Waals surface area contributed by atoms with E-state index in [1.807, 2.05) is 18.2 Å². The Bertz CT molecular complexity index is 569. The lowest BCUT2D eigenvalue weighted by Crippen LogP contribution is -2.43. The summed E-state index contributed by atoms with van der Waals surface area (Å²) in [5.41, 5.74) is 1.14. The smallest absolute Gasteiger partial charge is 0.212 e. The van der Waals surface area contributed by atoms with Gasteiger partial charge in [-0.05, 0) is 17.9 Å². The Kier molecular flexibility index (Phi) is 6.79. The largest absolute Gasteiger partial charge is 0.483 e. The molecule has 3 atom stereocenters. The summed E-state index contributed by atoms with van der Waals surface area (Å²) >= 11 is 0.